The molecule has 0 N–H and O–H groups in total. The number of fused-ring (bicyclic) bond motifs is 1. The Hall–Kier alpha value is -3.00. The molecule has 1 aromatic carbocycles. The number of pyridine rings is 1. The van der Waals surface area contributed by atoms with E-state index < -0.39 is 5.97 Å². The van der Waals surface area contributed by atoms with Crippen molar-refractivity contribution in [3.8, 4) is 11.5 Å². The van der Waals surface area contributed by atoms with Crippen molar-refractivity contribution in [2.45, 2.75) is 32.4 Å². The van der Waals surface area contributed by atoms with E-state index in [0.29, 0.717) is 35.5 Å². The second-order valence-corrected chi connectivity index (χ2v) is 9.09. The summed E-state index contributed by atoms with van der Waals surface area (Å²) in [4.78, 5) is 34.5. The number of halogens is 1. The molecule has 2 aliphatic rings. The molecule has 1 fully saturated rings. The summed E-state index contributed by atoms with van der Waals surface area (Å²) in [6.07, 6.45) is 2.83. The van der Waals surface area contributed by atoms with Crippen LogP contribution in [0.4, 0.5) is 0 Å². The molecule has 3 aromatic heterocycles. The molecule has 4 heterocycles. The molecule has 0 radical (unpaired) electrons. The summed E-state index contributed by atoms with van der Waals surface area (Å²) in [5.41, 5.74) is 4.23. The zero-order chi connectivity index (χ0) is 21.3. The summed E-state index contributed by atoms with van der Waals surface area (Å²) in [5, 5.41) is 1.06. The Morgan fingerprint density at radius 3 is 2.84 bits per heavy atom. The third kappa shape index (κ3) is 2.92. The third-order valence-electron chi connectivity index (χ3n) is 6.20. The van der Waals surface area contributed by atoms with Crippen LogP contribution in [0.2, 0.25) is 0 Å². The normalized spacial score (nSPS) is 15.7. The first-order chi connectivity index (χ1) is 15.0. The van der Waals surface area contributed by atoms with Crippen molar-refractivity contribution in [2.75, 3.05) is 7.11 Å². The standard InChI is InChI=1S/C23H19BrN4O3/c1-31-23(30)14-8-15-18(29)6-7-27-20(15)16(9-14)25-22(27)17-10-13-4-5-19(24)26-21(13)28(17)11-12-2-3-12/h4-5,8-10,12H,2-3,6-7,11H2,1H3. The van der Waals surface area contributed by atoms with Crippen molar-refractivity contribution >= 4 is 49.7 Å². The lowest BCUT2D eigenvalue weighted by Crippen LogP contribution is -2.16. The molecule has 0 spiro atoms. The molecule has 156 valence electrons. The molecule has 4 aromatic rings. The number of hydrogen-bond acceptors (Lipinski definition) is 5. The second kappa shape index (κ2) is 6.75. The minimum atomic E-state index is -0.468. The topological polar surface area (TPSA) is 79.0 Å². The van der Waals surface area contributed by atoms with Crippen molar-refractivity contribution in [1.82, 2.24) is 19.1 Å². The third-order valence-corrected chi connectivity index (χ3v) is 6.64. The van der Waals surface area contributed by atoms with Crippen molar-refractivity contribution < 1.29 is 14.3 Å². The molecule has 0 atom stereocenters. The monoisotopic (exact) mass is 478 g/mol. The van der Waals surface area contributed by atoms with Gasteiger partial charge in [-0.2, -0.15) is 0 Å². The lowest BCUT2D eigenvalue weighted by atomic mass is 10.00. The number of ether oxygens (including phenoxy) is 1. The summed E-state index contributed by atoms with van der Waals surface area (Å²) < 4.78 is 10.0. The van der Waals surface area contributed by atoms with E-state index in [9.17, 15) is 9.59 Å². The van der Waals surface area contributed by atoms with Gasteiger partial charge >= 0.3 is 5.97 Å². The minimum Gasteiger partial charge on any atom is -0.465 e. The van der Waals surface area contributed by atoms with Crippen LogP contribution >= 0.6 is 15.9 Å². The average molecular weight is 479 g/mol. The van der Waals surface area contributed by atoms with E-state index in [1.807, 2.05) is 6.07 Å². The Labute approximate surface area is 186 Å². The maximum absolute atomic E-state index is 12.7. The second-order valence-electron chi connectivity index (χ2n) is 8.27. The number of methoxy groups -OCH3 is 1. The van der Waals surface area contributed by atoms with Crippen LogP contribution in [-0.2, 0) is 17.8 Å². The Bertz CT molecular complexity index is 1410. The smallest absolute Gasteiger partial charge is 0.337 e. The highest BCUT2D eigenvalue weighted by Gasteiger charge is 2.29. The van der Waals surface area contributed by atoms with Gasteiger partial charge in [-0.05, 0) is 65.0 Å². The van der Waals surface area contributed by atoms with E-state index in [1.165, 1.54) is 20.0 Å². The first-order valence-corrected chi connectivity index (χ1v) is 11.1. The fourth-order valence-electron chi connectivity index (χ4n) is 4.51. The summed E-state index contributed by atoms with van der Waals surface area (Å²) in [6, 6.07) is 9.47. The zero-order valence-corrected chi connectivity index (χ0v) is 18.5. The fraction of sp³-hybridized carbons (Fsp3) is 0.304. The number of carbonyl (C=O) groups excluding carboxylic acids is 2. The SMILES string of the molecule is COC(=O)c1cc2c3c(c1)nc(-c1cc4ccc(Br)nc4n1CC1CC1)n3CCC2=O. The molecular weight excluding hydrogens is 460 g/mol. The van der Waals surface area contributed by atoms with E-state index in [0.717, 1.165) is 39.2 Å². The van der Waals surface area contributed by atoms with E-state index in [-0.39, 0.29) is 5.78 Å². The van der Waals surface area contributed by atoms with Crippen LogP contribution in [0.1, 0.15) is 40.0 Å². The van der Waals surface area contributed by atoms with Crippen LogP contribution in [0.5, 0.6) is 0 Å². The van der Waals surface area contributed by atoms with Gasteiger partial charge in [0.15, 0.2) is 11.6 Å². The minimum absolute atomic E-state index is 0.0267. The highest BCUT2D eigenvalue weighted by molar-refractivity contribution is 9.10. The molecular formula is C23H19BrN4O3. The predicted octanol–water partition coefficient (Wildman–Crippen LogP) is 4.60. The number of imidazole rings is 1. The molecule has 0 bridgehead atoms. The maximum atomic E-state index is 12.7. The zero-order valence-electron chi connectivity index (χ0n) is 16.9. The van der Waals surface area contributed by atoms with E-state index in [1.54, 1.807) is 12.1 Å². The first-order valence-electron chi connectivity index (χ1n) is 10.4. The number of benzene rings is 1. The van der Waals surface area contributed by atoms with E-state index >= 15 is 0 Å². The Kier molecular flexibility index (Phi) is 4.08. The molecule has 0 amide bonds. The Morgan fingerprint density at radius 2 is 2.06 bits per heavy atom. The van der Waals surface area contributed by atoms with Gasteiger partial charge in [0.25, 0.3) is 0 Å². The number of carbonyl (C=O) groups is 2. The highest BCUT2D eigenvalue weighted by atomic mass is 79.9. The van der Waals surface area contributed by atoms with E-state index in [4.69, 9.17) is 14.7 Å². The van der Waals surface area contributed by atoms with Crippen LogP contribution in [-0.4, -0.2) is 38.0 Å². The summed E-state index contributed by atoms with van der Waals surface area (Å²) in [7, 11) is 1.34. The van der Waals surface area contributed by atoms with Gasteiger partial charge in [-0.25, -0.2) is 14.8 Å². The number of esters is 1. The van der Waals surface area contributed by atoms with Gasteiger partial charge in [-0.3, -0.25) is 4.79 Å². The summed E-state index contributed by atoms with van der Waals surface area (Å²) in [6.45, 7) is 1.46. The molecule has 6 rings (SSSR count). The van der Waals surface area contributed by atoms with E-state index in [2.05, 4.69) is 37.2 Å². The van der Waals surface area contributed by atoms with Crippen LogP contribution in [0.25, 0.3) is 33.6 Å². The predicted molar refractivity (Wildman–Crippen MR) is 119 cm³/mol. The molecule has 1 aliphatic heterocycles. The Balaban J connectivity index is 1.63. The van der Waals surface area contributed by atoms with Crippen molar-refractivity contribution in [3.05, 3.63) is 46.1 Å². The number of aryl methyl sites for hydroxylation is 1. The van der Waals surface area contributed by atoms with Gasteiger partial charge in [0.2, 0.25) is 0 Å². The number of ketones is 1. The number of nitrogens with zero attached hydrogens (tertiary/aromatic N) is 4. The van der Waals surface area contributed by atoms with Crippen LogP contribution < -0.4 is 0 Å². The molecule has 1 aliphatic carbocycles. The molecule has 1 saturated carbocycles. The molecule has 0 unspecified atom stereocenters. The summed E-state index contributed by atoms with van der Waals surface area (Å²) in [5.74, 6) is 1.02. The fourth-order valence-corrected chi connectivity index (χ4v) is 4.81. The number of rotatable bonds is 4. The maximum Gasteiger partial charge on any atom is 0.337 e. The van der Waals surface area contributed by atoms with Crippen molar-refractivity contribution in [2.24, 2.45) is 5.92 Å². The Morgan fingerprint density at radius 1 is 1.23 bits per heavy atom. The quantitative estimate of drug-likeness (QED) is 0.316. The van der Waals surface area contributed by atoms with Crippen LogP contribution in [0, 0.1) is 5.92 Å². The van der Waals surface area contributed by atoms with Crippen LogP contribution in [0.15, 0.2) is 34.9 Å². The molecule has 31 heavy (non-hydrogen) atoms. The number of Topliss-reactive ketones (excluding diaryl/α,β-unsaturated/α-hetero) is 1. The lowest BCUT2D eigenvalue weighted by molar-refractivity contribution is 0.0601. The van der Waals surface area contributed by atoms with Gasteiger partial charge in [0.05, 0.1) is 29.4 Å². The number of hydrogen-bond donors (Lipinski definition) is 0. The number of aromatic nitrogens is 4. The van der Waals surface area contributed by atoms with Gasteiger partial charge in [0.1, 0.15) is 10.3 Å². The molecule has 7 nitrogen and oxygen atoms in total. The largest absolute Gasteiger partial charge is 0.465 e. The van der Waals surface area contributed by atoms with Gasteiger partial charge in [0, 0.05) is 30.5 Å². The van der Waals surface area contributed by atoms with Crippen molar-refractivity contribution in [1.29, 1.82) is 0 Å². The van der Waals surface area contributed by atoms with Crippen molar-refractivity contribution in [3.63, 3.8) is 0 Å². The highest BCUT2D eigenvalue weighted by Crippen LogP contribution is 2.38. The molecule has 8 heteroatoms. The summed E-state index contributed by atoms with van der Waals surface area (Å²) >= 11 is 3.50. The molecule has 0 saturated heterocycles. The average Bonchev–Trinajstić information content (AvgIpc) is 3.42. The lowest BCUT2D eigenvalue weighted by Gasteiger charge is -2.17. The van der Waals surface area contributed by atoms with Gasteiger partial charge in [-0.1, -0.05) is 0 Å². The van der Waals surface area contributed by atoms with Gasteiger partial charge in [-0.15, -0.1) is 0 Å². The first kappa shape index (κ1) is 18.7. The van der Waals surface area contributed by atoms with Gasteiger partial charge < -0.3 is 13.9 Å². The van der Waals surface area contributed by atoms with Crippen LogP contribution in [0.3, 0.4) is 0 Å².